The minimum absolute atomic E-state index is 0. The summed E-state index contributed by atoms with van der Waals surface area (Å²) in [4.78, 5) is 0. The quantitative estimate of drug-likeness (QED) is 0.801. The molecular weight excluding hydrogens is 212 g/mol. The fraction of sp³-hybridized carbons (Fsp3) is 0.200. The molecule has 0 radical (unpaired) electrons. The maximum absolute atomic E-state index is 9.56. The van der Waals surface area contributed by atoms with E-state index in [9.17, 15) is 5.11 Å². The minimum Gasteiger partial charge on any atom is -0.507 e. The molecule has 0 aliphatic heterocycles. The molecule has 0 saturated carbocycles. The molecule has 0 heterocycles. The van der Waals surface area contributed by atoms with Gasteiger partial charge in [-0.3, -0.25) is 0 Å². The van der Waals surface area contributed by atoms with Crippen molar-refractivity contribution < 1.29 is 10.6 Å². The van der Waals surface area contributed by atoms with Gasteiger partial charge in [0, 0.05) is 5.56 Å². The minimum atomic E-state index is 0. The molecule has 0 aliphatic carbocycles. The average molecular weight is 232 g/mol. The van der Waals surface area contributed by atoms with E-state index >= 15 is 0 Å². The highest BCUT2D eigenvalue weighted by Gasteiger charge is 2.00. The molecule has 2 aromatic carbocycles. The standard InChI is InChI=1S/C12H10O.C3H8.H2O/c13-12-9-5-4-8-11(12)10-6-2-1-3-7-10;1-3-2;/h1-9,13H;3H2,1-2H3;1H2. The van der Waals surface area contributed by atoms with E-state index in [1.807, 2.05) is 48.5 Å². The van der Waals surface area contributed by atoms with E-state index in [4.69, 9.17) is 0 Å². The van der Waals surface area contributed by atoms with E-state index in [0.29, 0.717) is 5.75 Å². The van der Waals surface area contributed by atoms with Crippen LogP contribution in [0.25, 0.3) is 11.1 Å². The number of aromatic hydroxyl groups is 1. The van der Waals surface area contributed by atoms with Crippen LogP contribution in [0, 0.1) is 0 Å². The van der Waals surface area contributed by atoms with Crippen LogP contribution in [0.3, 0.4) is 0 Å². The van der Waals surface area contributed by atoms with Gasteiger partial charge in [0.25, 0.3) is 0 Å². The molecule has 2 heteroatoms. The Labute approximate surface area is 103 Å². The number of phenolic OH excluding ortho intramolecular Hbond substituents is 1. The summed E-state index contributed by atoms with van der Waals surface area (Å²) in [7, 11) is 0. The third-order valence-electron chi connectivity index (χ3n) is 1.99. The van der Waals surface area contributed by atoms with E-state index in [0.717, 1.165) is 11.1 Å². The van der Waals surface area contributed by atoms with Crippen LogP contribution < -0.4 is 0 Å². The second-order valence-electron chi connectivity index (χ2n) is 3.59. The summed E-state index contributed by atoms with van der Waals surface area (Å²) in [6.45, 7) is 4.25. The molecule has 0 saturated heterocycles. The Balaban J connectivity index is 0.000000583. The Morgan fingerprint density at radius 2 is 1.29 bits per heavy atom. The van der Waals surface area contributed by atoms with Crippen LogP contribution in [0.4, 0.5) is 0 Å². The largest absolute Gasteiger partial charge is 0.507 e. The van der Waals surface area contributed by atoms with Crippen LogP contribution >= 0.6 is 0 Å². The van der Waals surface area contributed by atoms with Gasteiger partial charge >= 0.3 is 0 Å². The first-order valence-corrected chi connectivity index (χ1v) is 5.63. The summed E-state index contributed by atoms with van der Waals surface area (Å²) in [6, 6.07) is 17.2. The topological polar surface area (TPSA) is 51.7 Å². The fourth-order valence-corrected chi connectivity index (χ4v) is 1.34. The molecule has 92 valence electrons. The lowest BCUT2D eigenvalue weighted by molar-refractivity contribution is 0.477. The lowest BCUT2D eigenvalue weighted by Gasteiger charge is -2.02. The van der Waals surface area contributed by atoms with Gasteiger partial charge in [-0.2, -0.15) is 0 Å². The molecule has 0 amide bonds. The predicted molar refractivity (Wildman–Crippen MR) is 73.1 cm³/mol. The SMILES string of the molecule is CCC.O.Oc1ccccc1-c1ccccc1. The van der Waals surface area contributed by atoms with Gasteiger partial charge < -0.3 is 10.6 Å². The van der Waals surface area contributed by atoms with Crippen LogP contribution in [0.2, 0.25) is 0 Å². The van der Waals surface area contributed by atoms with Crippen molar-refractivity contribution in [2.45, 2.75) is 20.3 Å². The van der Waals surface area contributed by atoms with Gasteiger partial charge in [0.2, 0.25) is 0 Å². The van der Waals surface area contributed by atoms with Crippen molar-refractivity contribution in [2.24, 2.45) is 0 Å². The van der Waals surface area contributed by atoms with Crippen molar-refractivity contribution in [1.29, 1.82) is 0 Å². The molecule has 0 bridgehead atoms. The lowest BCUT2D eigenvalue weighted by Crippen LogP contribution is -1.76. The molecular formula is C15H20O2. The first-order chi connectivity index (χ1) is 7.79. The summed E-state index contributed by atoms with van der Waals surface area (Å²) in [6.07, 6.45) is 1.25. The molecule has 2 rings (SSSR count). The Kier molecular flexibility index (Phi) is 7.48. The van der Waals surface area contributed by atoms with E-state index in [2.05, 4.69) is 13.8 Å². The van der Waals surface area contributed by atoms with Crippen molar-refractivity contribution in [3.8, 4) is 16.9 Å². The average Bonchev–Trinajstić information content (AvgIpc) is 2.32. The first kappa shape index (κ1) is 15.2. The molecule has 17 heavy (non-hydrogen) atoms. The smallest absolute Gasteiger partial charge is 0.123 e. The highest BCUT2D eigenvalue weighted by Crippen LogP contribution is 2.27. The van der Waals surface area contributed by atoms with E-state index in [1.54, 1.807) is 6.07 Å². The van der Waals surface area contributed by atoms with E-state index in [-0.39, 0.29) is 5.48 Å². The molecule has 0 fully saturated rings. The molecule has 0 spiro atoms. The van der Waals surface area contributed by atoms with Crippen LogP contribution in [-0.4, -0.2) is 10.6 Å². The van der Waals surface area contributed by atoms with Gasteiger partial charge in [0.1, 0.15) is 5.75 Å². The Morgan fingerprint density at radius 1 is 0.824 bits per heavy atom. The predicted octanol–water partition coefficient (Wildman–Crippen LogP) is 3.65. The van der Waals surface area contributed by atoms with Crippen molar-refractivity contribution in [2.75, 3.05) is 0 Å². The second-order valence-corrected chi connectivity index (χ2v) is 3.59. The second kappa shape index (κ2) is 8.36. The number of hydrogen-bond acceptors (Lipinski definition) is 1. The Hall–Kier alpha value is -1.80. The summed E-state index contributed by atoms with van der Waals surface area (Å²) < 4.78 is 0. The highest BCUT2D eigenvalue weighted by atomic mass is 16.3. The van der Waals surface area contributed by atoms with Gasteiger partial charge in [0.15, 0.2) is 0 Å². The van der Waals surface area contributed by atoms with Crippen molar-refractivity contribution >= 4 is 0 Å². The van der Waals surface area contributed by atoms with Gasteiger partial charge in [-0.15, -0.1) is 0 Å². The zero-order chi connectivity index (χ0) is 11.8. The molecule has 2 nitrogen and oxygen atoms in total. The fourth-order valence-electron chi connectivity index (χ4n) is 1.34. The monoisotopic (exact) mass is 232 g/mol. The zero-order valence-corrected chi connectivity index (χ0v) is 10.4. The number of rotatable bonds is 1. The summed E-state index contributed by atoms with van der Waals surface area (Å²) in [5, 5.41) is 9.56. The third kappa shape index (κ3) is 4.70. The number of hydrogen-bond donors (Lipinski definition) is 1. The van der Waals surface area contributed by atoms with Crippen LogP contribution in [0.5, 0.6) is 5.75 Å². The summed E-state index contributed by atoms with van der Waals surface area (Å²) >= 11 is 0. The normalized spacial score (nSPS) is 8.59. The van der Waals surface area contributed by atoms with Crippen molar-refractivity contribution in [3.63, 3.8) is 0 Å². The highest BCUT2D eigenvalue weighted by molar-refractivity contribution is 5.69. The van der Waals surface area contributed by atoms with Crippen LogP contribution in [0.15, 0.2) is 54.6 Å². The van der Waals surface area contributed by atoms with E-state index in [1.165, 1.54) is 6.42 Å². The van der Waals surface area contributed by atoms with Gasteiger partial charge in [-0.1, -0.05) is 68.8 Å². The molecule has 0 unspecified atom stereocenters. The Bertz CT molecular complexity index is 410. The summed E-state index contributed by atoms with van der Waals surface area (Å²) in [5.74, 6) is 0.328. The molecule has 2 aromatic rings. The van der Waals surface area contributed by atoms with Crippen LogP contribution in [-0.2, 0) is 0 Å². The van der Waals surface area contributed by atoms with Gasteiger partial charge in [0.05, 0.1) is 0 Å². The molecule has 3 N–H and O–H groups in total. The first-order valence-electron chi connectivity index (χ1n) is 5.63. The molecule has 0 aliphatic rings. The molecule has 0 aromatic heterocycles. The van der Waals surface area contributed by atoms with E-state index < -0.39 is 0 Å². The number of para-hydroxylation sites is 1. The summed E-state index contributed by atoms with van der Waals surface area (Å²) in [5.41, 5.74) is 1.92. The van der Waals surface area contributed by atoms with Gasteiger partial charge in [-0.25, -0.2) is 0 Å². The maximum atomic E-state index is 9.56. The number of benzene rings is 2. The third-order valence-corrected chi connectivity index (χ3v) is 1.99. The lowest BCUT2D eigenvalue weighted by atomic mass is 10.1. The van der Waals surface area contributed by atoms with Crippen molar-refractivity contribution in [1.82, 2.24) is 0 Å². The van der Waals surface area contributed by atoms with Gasteiger partial charge in [-0.05, 0) is 11.6 Å². The Morgan fingerprint density at radius 3 is 1.82 bits per heavy atom. The number of phenols is 1. The van der Waals surface area contributed by atoms with Crippen LogP contribution in [0.1, 0.15) is 20.3 Å². The maximum Gasteiger partial charge on any atom is 0.123 e. The molecule has 0 atom stereocenters. The zero-order valence-electron chi connectivity index (χ0n) is 10.4. The van der Waals surface area contributed by atoms with Crippen molar-refractivity contribution in [3.05, 3.63) is 54.6 Å².